The van der Waals surface area contributed by atoms with E-state index in [-0.39, 0.29) is 5.91 Å². The van der Waals surface area contributed by atoms with E-state index in [1.165, 1.54) is 12.8 Å². The zero-order valence-corrected chi connectivity index (χ0v) is 16.6. The molecule has 4 nitrogen and oxygen atoms in total. The Bertz CT molecular complexity index is 1200. The molecule has 0 saturated heterocycles. The molecule has 1 amide bonds. The Kier molecular flexibility index (Phi) is 4.41. The summed E-state index contributed by atoms with van der Waals surface area (Å²) in [5, 5.41) is 11.1. The third kappa shape index (κ3) is 3.21. The Labute approximate surface area is 171 Å². The number of aromatic nitrogens is 1. The van der Waals surface area contributed by atoms with Crippen LogP contribution in [0, 0.1) is 5.92 Å². The molecule has 6 heteroatoms. The molecule has 0 radical (unpaired) electrons. The van der Waals surface area contributed by atoms with Crippen LogP contribution in [-0.4, -0.2) is 17.4 Å². The van der Waals surface area contributed by atoms with E-state index < -0.39 is 0 Å². The van der Waals surface area contributed by atoms with Gasteiger partial charge in [-0.2, -0.15) is 0 Å². The van der Waals surface area contributed by atoms with Crippen LogP contribution < -0.4 is 10.6 Å². The predicted octanol–water partition coefficient (Wildman–Crippen LogP) is 5.99. The molecule has 0 spiro atoms. The Balaban J connectivity index is 1.63. The normalized spacial score (nSPS) is 13.8. The number of para-hydroxylation sites is 2. The highest BCUT2D eigenvalue weighted by Crippen LogP contribution is 2.37. The second kappa shape index (κ2) is 7.08. The molecule has 2 aromatic heterocycles. The first-order valence-corrected chi connectivity index (χ1v) is 10.6. The van der Waals surface area contributed by atoms with Gasteiger partial charge >= 0.3 is 0 Å². The first-order valence-electron chi connectivity index (χ1n) is 9.30. The number of halogens is 1. The molecule has 1 saturated carbocycles. The van der Waals surface area contributed by atoms with Crippen molar-refractivity contribution in [3.05, 3.63) is 64.5 Å². The van der Waals surface area contributed by atoms with Gasteiger partial charge in [-0.25, -0.2) is 4.98 Å². The number of carbonyl (C=O) groups excluding carboxylic acids is 1. The van der Waals surface area contributed by atoms with Crippen LogP contribution in [-0.2, 0) is 0 Å². The molecule has 2 heterocycles. The zero-order valence-electron chi connectivity index (χ0n) is 15.0. The van der Waals surface area contributed by atoms with Crippen molar-refractivity contribution in [3.63, 3.8) is 0 Å². The van der Waals surface area contributed by atoms with Gasteiger partial charge in [-0.15, -0.1) is 11.3 Å². The summed E-state index contributed by atoms with van der Waals surface area (Å²) >= 11 is 7.97. The molecule has 1 aliphatic carbocycles. The molecular formula is C22H18ClN3OS. The van der Waals surface area contributed by atoms with Crippen LogP contribution in [0.4, 0.5) is 11.5 Å². The largest absolute Gasteiger partial charge is 0.352 e. The highest BCUT2D eigenvalue weighted by atomic mass is 35.5. The Morgan fingerprint density at radius 2 is 1.96 bits per heavy atom. The van der Waals surface area contributed by atoms with E-state index in [0.29, 0.717) is 27.8 Å². The van der Waals surface area contributed by atoms with Gasteiger partial charge in [0.25, 0.3) is 5.91 Å². The highest BCUT2D eigenvalue weighted by molar-refractivity contribution is 7.18. The van der Waals surface area contributed by atoms with Crippen molar-refractivity contribution in [2.24, 2.45) is 5.92 Å². The van der Waals surface area contributed by atoms with E-state index in [1.54, 1.807) is 11.3 Å². The Morgan fingerprint density at radius 1 is 1.11 bits per heavy atom. The van der Waals surface area contributed by atoms with Gasteiger partial charge in [0.15, 0.2) is 0 Å². The number of benzene rings is 2. The summed E-state index contributed by atoms with van der Waals surface area (Å²) in [4.78, 5) is 17.7. The monoisotopic (exact) mass is 407 g/mol. The number of rotatable bonds is 5. The van der Waals surface area contributed by atoms with Gasteiger partial charge < -0.3 is 10.6 Å². The van der Waals surface area contributed by atoms with Gasteiger partial charge in [-0.05, 0) is 48.4 Å². The smallest absolute Gasteiger partial charge is 0.253 e. The molecule has 5 rings (SSSR count). The predicted molar refractivity (Wildman–Crippen MR) is 117 cm³/mol. The number of hydrogen-bond acceptors (Lipinski definition) is 4. The number of hydrogen-bond donors (Lipinski definition) is 2. The van der Waals surface area contributed by atoms with Crippen molar-refractivity contribution in [3.8, 4) is 0 Å². The Morgan fingerprint density at radius 3 is 2.79 bits per heavy atom. The van der Waals surface area contributed by atoms with Crippen molar-refractivity contribution in [2.45, 2.75) is 12.8 Å². The maximum absolute atomic E-state index is 12.8. The molecule has 4 aromatic rings. The molecule has 1 fully saturated rings. The number of anilines is 2. The minimum Gasteiger partial charge on any atom is -0.352 e. The second-order valence-corrected chi connectivity index (χ2v) is 8.41. The van der Waals surface area contributed by atoms with Gasteiger partial charge in [-0.3, -0.25) is 4.79 Å². The lowest BCUT2D eigenvalue weighted by Gasteiger charge is -2.13. The van der Waals surface area contributed by atoms with Crippen LogP contribution in [0.25, 0.3) is 21.0 Å². The highest BCUT2D eigenvalue weighted by Gasteiger charge is 2.23. The summed E-state index contributed by atoms with van der Waals surface area (Å²) in [6.07, 6.45) is 2.41. The zero-order chi connectivity index (χ0) is 19.1. The lowest BCUT2D eigenvalue weighted by molar-refractivity contribution is 0.0953. The molecule has 140 valence electrons. The van der Waals surface area contributed by atoms with Gasteiger partial charge in [0, 0.05) is 22.0 Å². The summed E-state index contributed by atoms with van der Waals surface area (Å²) < 4.78 is 1.11. The molecule has 0 aliphatic heterocycles. The number of carbonyl (C=O) groups is 1. The van der Waals surface area contributed by atoms with Crippen LogP contribution >= 0.6 is 22.9 Å². The van der Waals surface area contributed by atoms with Crippen LogP contribution in [0.15, 0.2) is 53.9 Å². The van der Waals surface area contributed by atoms with Crippen molar-refractivity contribution in [2.75, 3.05) is 11.9 Å². The van der Waals surface area contributed by atoms with Gasteiger partial charge in [0.05, 0.1) is 21.8 Å². The standard InChI is InChI=1S/C22H18ClN3OS/c23-17-6-1-2-7-18(17)25-21-16-10-11-28-20(16)14-4-3-5-15(19(14)26-21)22(27)24-12-13-8-9-13/h1-7,10-11,13H,8-9,12H2,(H,24,27)(H,25,26). The summed E-state index contributed by atoms with van der Waals surface area (Å²) in [5.74, 6) is 1.28. The number of thiophene rings is 1. The van der Waals surface area contributed by atoms with E-state index in [9.17, 15) is 4.79 Å². The van der Waals surface area contributed by atoms with Gasteiger partial charge in [-0.1, -0.05) is 35.9 Å². The first kappa shape index (κ1) is 17.5. The third-order valence-electron chi connectivity index (χ3n) is 5.04. The van der Waals surface area contributed by atoms with Crippen LogP contribution in [0.1, 0.15) is 23.2 Å². The van der Waals surface area contributed by atoms with E-state index in [2.05, 4.69) is 10.6 Å². The number of nitrogens with zero attached hydrogens (tertiary/aromatic N) is 1. The van der Waals surface area contributed by atoms with E-state index in [0.717, 1.165) is 27.7 Å². The third-order valence-corrected chi connectivity index (χ3v) is 6.32. The maximum Gasteiger partial charge on any atom is 0.253 e. The number of fused-ring (bicyclic) bond motifs is 3. The molecule has 1 aliphatic rings. The van der Waals surface area contributed by atoms with Crippen molar-refractivity contribution < 1.29 is 4.79 Å². The average molecular weight is 408 g/mol. The minimum absolute atomic E-state index is 0.0652. The number of nitrogens with one attached hydrogen (secondary N) is 2. The van der Waals surface area contributed by atoms with Crippen LogP contribution in [0.5, 0.6) is 0 Å². The number of amides is 1. The van der Waals surface area contributed by atoms with Gasteiger partial charge in [0.1, 0.15) is 5.82 Å². The van der Waals surface area contributed by atoms with Gasteiger partial charge in [0.2, 0.25) is 0 Å². The van der Waals surface area contributed by atoms with E-state index in [1.807, 2.05) is 53.9 Å². The van der Waals surface area contributed by atoms with Crippen molar-refractivity contribution in [1.82, 2.24) is 10.3 Å². The Hall–Kier alpha value is -2.63. The van der Waals surface area contributed by atoms with Crippen molar-refractivity contribution in [1.29, 1.82) is 0 Å². The lowest BCUT2D eigenvalue weighted by atomic mass is 10.1. The summed E-state index contributed by atoms with van der Waals surface area (Å²) in [5.41, 5.74) is 2.11. The lowest BCUT2D eigenvalue weighted by Crippen LogP contribution is -2.25. The van der Waals surface area contributed by atoms with Crippen molar-refractivity contribution >= 4 is 61.3 Å². The summed E-state index contributed by atoms with van der Waals surface area (Å²) in [6.45, 7) is 0.737. The molecule has 28 heavy (non-hydrogen) atoms. The topological polar surface area (TPSA) is 54.0 Å². The second-order valence-electron chi connectivity index (χ2n) is 7.08. The molecule has 0 atom stereocenters. The molecule has 0 bridgehead atoms. The first-order chi connectivity index (χ1) is 13.7. The maximum atomic E-state index is 12.8. The van der Waals surface area contributed by atoms with Crippen LogP contribution in [0.3, 0.4) is 0 Å². The fraction of sp³-hybridized carbons (Fsp3) is 0.182. The molecule has 0 unspecified atom stereocenters. The summed E-state index contributed by atoms with van der Waals surface area (Å²) in [6, 6.07) is 15.4. The quantitative estimate of drug-likeness (QED) is 0.427. The summed E-state index contributed by atoms with van der Waals surface area (Å²) in [7, 11) is 0. The molecular weight excluding hydrogens is 390 g/mol. The average Bonchev–Trinajstić information content (AvgIpc) is 3.40. The van der Waals surface area contributed by atoms with Crippen LogP contribution in [0.2, 0.25) is 5.02 Å². The fourth-order valence-electron chi connectivity index (χ4n) is 3.35. The van der Waals surface area contributed by atoms with E-state index >= 15 is 0 Å². The molecule has 2 N–H and O–H groups in total. The number of pyridine rings is 1. The fourth-order valence-corrected chi connectivity index (χ4v) is 4.45. The minimum atomic E-state index is -0.0652. The van der Waals surface area contributed by atoms with E-state index in [4.69, 9.17) is 16.6 Å². The molecule has 2 aromatic carbocycles. The SMILES string of the molecule is O=C(NCC1CC1)c1cccc2c1nc(Nc1ccccc1Cl)c1ccsc12.